The molecule has 1 amide bonds. The number of ketones is 1. The molecule has 0 fully saturated rings. The van der Waals surface area contributed by atoms with Crippen LogP contribution < -0.4 is 4.90 Å². The summed E-state index contributed by atoms with van der Waals surface area (Å²) in [5.74, 6) is -1.38. The van der Waals surface area contributed by atoms with Gasteiger partial charge in [-0.2, -0.15) is 0 Å². The van der Waals surface area contributed by atoms with E-state index >= 15 is 0 Å². The van der Waals surface area contributed by atoms with Gasteiger partial charge in [-0.1, -0.05) is 0 Å². The Morgan fingerprint density at radius 3 is 2.78 bits per heavy atom. The zero-order valence-electron chi connectivity index (χ0n) is 9.49. The molecule has 0 atom stereocenters. The maximum absolute atomic E-state index is 13.1. The predicted molar refractivity (Wildman–Crippen MR) is 64.6 cm³/mol. The first kappa shape index (κ1) is 13.0. The van der Waals surface area contributed by atoms with Crippen LogP contribution in [-0.2, 0) is 9.53 Å². The SMILES string of the molecule is O=C1C(=O)N(CCOCCCl)c2cc(F)ccc21. The van der Waals surface area contributed by atoms with E-state index in [-0.39, 0.29) is 18.7 Å². The number of benzene rings is 1. The summed E-state index contributed by atoms with van der Waals surface area (Å²) < 4.78 is 18.3. The first-order chi connectivity index (χ1) is 8.65. The number of amides is 1. The standard InChI is InChI=1S/C12H11ClFNO3/c13-3-5-18-6-4-15-10-7-8(14)1-2-9(10)11(16)12(15)17/h1-2,7H,3-6H2. The van der Waals surface area contributed by atoms with Crippen molar-refractivity contribution in [2.75, 3.05) is 30.5 Å². The number of fused-ring (bicyclic) bond motifs is 1. The molecule has 0 saturated heterocycles. The first-order valence-electron chi connectivity index (χ1n) is 5.44. The summed E-state index contributed by atoms with van der Waals surface area (Å²) in [4.78, 5) is 24.6. The molecule has 0 bridgehead atoms. The second-order valence-electron chi connectivity index (χ2n) is 3.75. The second kappa shape index (κ2) is 5.46. The predicted octanol–water partition coefficient (Wildman–Crippen LogP) is 1.61. The van der Waals surface area contributed by atoms with E-state index in [2.05, 4.69) is 0 Å². The van der Waals surface area contributed by atoms with E-state index in [1.54, 1.807) is 0 Å². The lowest BCUT2D eigenvalue weighted by molar-refractivity contribution is -0.114. The molecule has 96 valence electrons. The van der Waals surface area contributed by atoms with Crippen molar-refractivity contribution in [3.05, 3.63) is 29.6 Å². The van der Waals surface area contributed by atoms with Gasteiger partial charge in [-0.3, -0.25) is 9.59 Å². The Kier molecular flexibility index (Phi) is 3.93. The van der Waals surface area contributed by atoms with Gasteiger partial charge in [0.1, 0.15) is 5.82 Å². The molecule has 1 heterocycles. The molecule has 0 unspecified atom stereocenters. The third kappa shape index (κ3) is 2.37. The topological polar surface area (TPSA) is 46.6 Å². The molecule has 1 aliphatic rings. The van der Waals surface area contributed by atoms with Crippen molar-refractivity contribution in [2.24, 2.45) is 0 Å². The molecule has 1 aromatic carbocycles. The molecule has 1 aromatic rings. The average molecular weight is 272 g/mol. The van der Waals surface area contributed by atoms with Crippen molar-refractivity contribution in [2.45, 2.75) is 0 Å². The lowest BCUT2D eigenvalue weighted by Gasteiger charge is -2.16. The molecule has 18 heavy (non-hydrogen) atoms. The van der Waals surface area contributed by atoms with Crippen LogP contribution in [0.4, 0.5) is 10.1 Å². The monoisotopic (exact) mass is 271 g/mol. The molecule has 0 aromatic heterocycles. The number of carbonyl (C=O) groups excluding carboxylic acids is 2. The van der Waals surface area contributed by atoms with Gasteiger partial charge in [0, 0.05) is 12.4 Å². The summed E-state index contributed by atoms with van der Waals surface area (Å²) in [6.45, 7) is 0.827. The van der Waals surface area contributed by atoms with Gasteiger partial charge in [0.2, 0.25) is 0 Å². The fraction of sp³-hybridized carbons (Fsp3) is 0.333. The van der Waals surface area contributed by atoms with Crippen molar-refractivity contribution in [1.29, 1.82) is 0 Å². The number of ether oxygens (including phenoxy) is 1. The van der Waals surface area contributed by atoms with Crippen LogP contribution in [0.3, 0.4) is 0 Å². The molecule has 2 rings (SSSR count). The maximum atomic E-state index is 13.1. The number of alkyl halides is 1. The minimum atomic E-state index is -0.648. The van der Waals surface area contributed by atoms with E-state index in [0.717, 1.165) is 6.07 Å². The van der Waals surface area contributed by atoms with Gasteiger partial charge in [-0.05, 0) is 18.2 Å². The highest BCUT2D eigenvalue weighted by atomic mass is 35.5. The Labute approximate surface area is 108 Å². The molecule has 0 saturated carbocycles. The number of nitrogens with zero attached hydrogens (tertiary/aromatic N) is 1. The highest BCUT2D eigenvalue weighted by molar-refractivity contribution is 6.52. The van der Waals surface area contributed by atoms with E-state index in [1.165, 1.54) is 17.0 Å². The average Bonchev–Trinajstić information content (AvgIpc) is 2.59. The van der Waals surface area contributed by atoms with E-state index in [9.17, 15) is 14.0 Å². The summed E-state index contributed by atoms with van der Waals surface area (Å²) in [7, 11) is 0. The minimum absolute atomic E-state index is 0.206. The Morgan fingerprint density at radius 2 is 2.06 bits per heavy atom. The minimum Gasteiger partial charge on any atom is -0.378 e. The molecule has 0 N–H and O–H groups in total. The first-order valence-corrected chi connectivity index (χ1v) is 5.98. The summed E-state index contributed by atoms with van der Waals surface area (Å²) in [5, 5.41) is 0. The van der Waals surface area contributed by atoms with Gasteiger partial charge in [0.05, 0.1) is 24.5 Å². The van der Waals surface area contributed by atoms with Gasteiger partial charge in [0.15, 0.2) is 0 Å². The van der Waals surface area contributed by atoms with Gasteiger partial charge in [0.25, 0.3) is 11.7 Å². The Morgan fingerprint density at radius 1 is 1.28 bits per heavy atom. The van der Waals surface area contributed by atoms with Crippen molar-refractivity contribution >= 4 is 29.0 Å². The van der Waals surface area contributed by atoms with Crippen LogP contribution in [-0.4, -0.2) is 37.3 Å². The highest BCUT2D eigenvalue weighted by Gasteiger charge is 2.35. The van der Waals surface area contributed by atoms with Crippen molar-refractivity contribution in [3.8, 4) is 0 Å². The molecule has 0 spiro atoms. The van der Waals surface area contributed by atoms with Crippen molar-refractivity contribution in [1.82, 2.24) is 0 Å². The number of carbonyl (C=O) groups is 2. The van der Waals surface area contributed by atoms with Crippen LogP contribution >= 0.6 is 11.6 Å². The Bertz CT molecular complexity index is 492. The van der Waals surface area contributed by atoms with Crippen LogP contribution in [0.25, 0.3) is 0 Å². The smallest absolute Gasteiger partial charge is 0.299 e. The molecule has 6 heteroatoms. The summed E-state index contributed by atoms with van der Waals surface area (Å²) in [6.07, 6.45) is 0. The number of hydrogen-bond acceptors (Lipinski definition) is 3. The van der Waals surface area contributed by atoms with Crippen LogP contribution in [0, 0.1) is 5.82 Å². The Balaban J connectivity index is 2.14. The zero-order chi connectivity index (χ0) is 13.1. The van der Waals surface area contributed by atoms with Crippen molar-refractivity contribution < 1.29 is 18.7 Å². The van der Waals surface area contributed by atoms with Crippen molar-refractivity contribution in [3.63, 3.8) is 0 Å². The van der Waals surface area contributed by atoms with E-state index < -0.39 is 17.5 Å². The third-order valence-corrected chi connectivity index (χ3v) is 2.77. The fourth-order valence-electron chi connectivity index (χ4n) is 1.80. The number of rotatable bonds is 5. The molecular formula is C12H11ClFNO3. The summed E-state index contributed by atoms with van der Waals surface area (Å²) >= 11 is 5.44. The van der Waals surface area contributed by atoms with Crippen LogP contribution in [0.15, 0.2) is 18.2 Å². The number of anilines is 1. The lowest BCUT2D eigenvalue weighted by Crippen LogP contribution is -2.33. The zero-order valence-corrected chi connectivity index (χ0v) is 10.2. The largest absolute Gasteiger partial charge is 0.378 e. The van der Waals surface area contributed by atoms with Gasteiger partial charge < -0.3 is 9.64 Å². The highest BCUT2D eigenvalue weighted by Crippen LogP contribution is 2.29. The molecule has 1 aliphatic heterocycles. The third-order valence-electron chi connectivity index (χ3n) is 2.62. The van der Waals surface area contributed by atoms with E-state index in [4.69, 9.17) is 16.3 Å². The number of Topliss-reactive ketones (excluding diaryl/α,β-unsaturated/α-hetero) is 1. The number of halogens is 2. The normalized spacial score (nSPS) is 14.2. The fourth-order valence-corrected chi connectivity index (χ4v) is 1.91. The van der Waals surface area contributed by atoms with E-state index in [1.807, 2.05) is 0 Å². The van der Waals surface area contributed by atoms with Gasteiger partial charge in [-0.25, -0.2) is 4.39 Å². The summed E-state index contributed by atoms with van der Waals surface area (Å²) in [5.41, 5.74) is 0.540. The molecule has 0 aliphatic carbocycles. The summed E-state index contributed by atoms with van der Waals surface area (Å²) in [6, 6.07) is 3.67. The molecule has 4 nitrogen and oxygen atoms in total. The van der Waals surface area contributed by atoms with Crippen LogP contribution in [0.2, 0.25) is 0 Å². The van der Waals surface area contributed by atoms with Crippen LogP contribution in [0.5, 0.6) is 0 Å². The Hall–Kier alpha value is -1.46. The van der Waals surface area contributed by atoms with Gasteiger partial charge in [-0.15, -0.1) is 11.6 Å². The molecule has 0 radical (unpaired) electrons. The molecular weight excluding hydrogens is 261 g/mol. The van der Waals surface area contributed by atoms with Crippen LogP contribution in [0.1, 0.15) is 10.4 Å². The maximum Gasteiger partial charge on any atom is 0.299 e. The second-order valence-corrected chi connectivity index (χ2v) is 4.13. The van der Waals surface area contributed by atoms with E-state index in [0.29, 0.717) is 18.2 Å². The number of hydrogen-bond donors (Lipinski definition) is 0. The van der Waals surface area contributed by atoms with Gasteiger partial charge >= 0.3 is 0 Å². The quantitative estimate of drug-likeness (QED) is 0.464. The lowest BCUT2D eigenvalue weighted by atomic mass is 10.1.